The molecular formula is C4H6ClNO2S. The van der Waals surface area contributed by atoms with Crippen LogP contribution >= 0.6 is 10.7 Å². The summed E-state index contributed by atoms with van der Waals surface area (Å²) in [6, 6.07) is 0. The first-order chi connectivity index (χ1) is 4.02. The Hall–Kier alpha value is 0.200. The molecule has 0 amide bonds. The Morgan fingerprint density at radius 2 is 1.67 bits per heavy atom. The molecule has 0 N–H and O–H groups in total. The lowest BCUT2D eigenvalue weighted by atomic mass is 10.7. The highest BCUT2D eigenvalue weighted by Gasteiger charge is 2.13. The predicted octanol–water partition coefficient (Wildman–Crippen LogP) is 0.194. The Kier molecular flexibility index (Phi) is 3.46. The SMILES string of the molecule is [CH]CN(C[CH])S(=O)(=O)Cl. The third kappa shape index (κ3) is 3.03. The normalized spacial score (nSPS) is 12.4. The Morgan fingerprint density at radius 1 is 1.33 bits per heavy atom. The first-order valence-electron chi connectivity index (χ1n) is 2.12. The predicted molar refractivity (Wildman–Crippen MR) is 34.9 cm³/mol. The summed E-state index contributed by atoms with van der Waals surface area (Å²) in [6.45, 7) is 9.52. The summed E-state index contributed by atoms with van der Waals surface area (Å²) >= 11 is 0. The topological polar surface area (TPSA) is 37.4 Å². The smallest absolute Gasteiger partial charge is 0.195 e. The average molecular weight is 168 g/mol. The average Bonchev–Trinajstić information content (AvgIpc) is 1.65. The molecule has 0 aromatic rings. The van der Waals surface area contributed by atoms with Gasteiger partial charge in [0.05, 0.1) is 0 Å². The minimum absolute atomic E-state index is 0.192. The molecule has 0 spiro atoms. The van der Waals surface area contributed by atoms with Crippen LogP contribution in [0.1, 0.15) is 0 Å². The van der Waals surface area contributed by atoms with Crippen LogP contribution in [0.15, 0.2) is 0 Å². The summed E-state index contributed by atoms with van der Waals surface area (Å²) in [7, 11) is 1.13. The number of hydrogen-bond acceptors (Lipinski definition) is 2. The van der Waals surface area contributed by atoms with E-state index < -0.39 is 9.24 Å². The molecule has 0 unspecified atom stereocenters. The Morgan fingerprint density at radius 3 is 1.67 bits per heavy atom. The van der Waals surface area contributed by atoms with Gasteiger partial charge in [-0.05, 0) is 13.8 Å². The Labute approximate surface area is 60.2 Å². The second-order valence-corrected chi connectivity index (χ2v) is 3.77. The summed E-state index contributed by atoms with van der Waals surface area (Å²) in [4.78, 5) is 0. The van der Waals surface area contributed by atoms with E-state index >= 15 is 0 Å². The third-order valence-corrected chi connectivity index (χ3v) is 2.22. The van der Waals surface area contributed by atoms with Crippen LogP contribution in [0.3, 0.4) is 0 Å². The van der Waals surface area contributed by atoms with Gasteiger partial charge in [0.15, 0.2) is 0 Å². The molecule has 0 saturated carbocycles. The van der Waals surface area contributed by atoms with E-state index in [1.165, 1.54) is 0 Å². The standard InChI is InChI=1S/C4H6ClNO2S/c1-3-6(4-2)9(5,7)8/h1-2H,3-4H2. The quantitative estimate of drug-likeness (QED) is 0.563. The van der Waals surface area contributed by atoms with E-state index in [-0.39, 0.29) is 13.1 Å². The van der Waals surface area contributed by atoms with Crippen molar-refractivity contribution in [3.8, 4) is 0 Å². The van der Waals surface area contributed by atoms with Crippen LogP contribution in [-0.4, -0.2) is 25.8 Å². The molecule has 0 saturated heterocycles. The van der Waals surface area contributed by atoms with Gasteiger partial charge in [0, 0.05) is 23.8 Å². The molecule has 0 aromatic heterocycles. The number of hydrogen-bond donors (Lipinski definition) is 0. The van der Waals surface area contributed by atoms with E-state index in [0.717, 1.165) is 4.31 Å². The van der Waals surface area contributed by atoms with Crippen LogP contribution in [0.25, 0.3) is 0 Å². The van der Waals surface area contributed by atoms with Crippen LogP contribution in [-0.2, 0) is 9.24 Å². The van der Waals surface area contributed by atoms with Crippen molar-refractivity contribution in [2.24, 2.45) is 0 Å². The summed E-state index contributed by atoms with van der Waals surface area (Å²) in [6.07, 6.45) is 0. The van der Waals surface area contributed by atoms with Gasteiger partial charge in [0.2, 0.25) is 0 Å². The van der Waals surface area contributed by atoms with Gasteiger partial charge in [-0.25, -0.2) is 0 Å². The van der Waals surface area contributed by atoms with Crippen LogP contribution in [0, 0.1) is 13.8 Å². The van der Waals surface area contributed by atoms with E-state index in [2.05, 4.69) is 0 Å². The number of nitrogens with zero attached hydrogens (tertiary/aromatic N) is 1. The fourth-order valence-corrected chi connectivity index (χ4v) is 0.947. The van der Waals surface area contributed by atoms with Gasteiger partial charge < -0.3 is 0 Å². The molecule has 0 fully saturated rings. The zero-order valence-corrected chi connectivity index (χ0v) is 6.19. The van der Waals surface area contributed by atoms with E-state index in [1.54, 1.807) is 0 Å². The first-order valence-corrected chi connectivity index (χ1v) is 4.39. The van der Waals surface area contributed by atoms with Crippen molar-refractivity contribution in [2.45, 2.75) is 0 Å². The lowest BCUT2D eigenvalue weighted by Gasteiger charge is -2.11. The third-order valence-electron chi connectivity index (χ3n) is 0.716. The van der Waals surface area contributed by atoms with Crippen LogP contribution in [0.2, 0.25) is 0 Å². The van der Waals surface area contributed by atoms with Gasteiger partial charge in [-0.3, -0.25) is 0 Å². The molecule has 0 rings (SSSR count). The molecule has 0 aromatic carbocycles. The fourth-order valence-electron chi connectivity index (χ4n) is 0.253. The molecule has 0 atom stereocenters. The molecule has 52 valence electrons. The molecule has 9 heavy (non-hydrogen) atoms. The lowest BCUT2D eigenvalue weighted by molar-refractivity contribution is 0.486. The van der Waals surface area contributed by atoms with Gasteiger partial charge in [-0.2, -0.15) is 12.7 Å². The molecule has 0 aliphatic rings. The number of rotatable bonds is 3. The molecular weight excluding hydrogens is 162 g/mol. The van der Waals surface area contributed by atoms with E-state index in [4.69, 9.17) is 24.5 Å². The van der Waals surface area contributed by atoms with Gasteiger partial charge in [-0.15, -0.1) is 0 Å². The second kappa shape index (κ2) is 3.39. The highest BCUT2D eigenvalue weighted by atomic mass is 35.7. The molecule has 0 heterocycles. The highest BCUT2D eigenvalue weighted by Crippen LogP contribution is 2.03. The van der Waals surface area contributed by atoms with Crippen molar-refractivity contribution in [3.05, 3.63) is 13.8 Å². The summed E-state index contributed by atoms with van der Waals surface area (Å²) in [5, 5.41) is 0. The minimum atomic E-state index is -3.71. The molecule has 5 heteroatoms. The molecule has 4 radical (unpaired) electrons. The van der Waals surface area contributed by atoms with Crippen LogP contribution < -0.4 is 0 Å². The second-order valence-electron chi connectivity index (χ2n) is 1.26. The zero-order chi connectivity index (χ0) is 7.49. The lowest BCUT2D eigenvalue weighted by Crippen LogP contribution is -2.26. The summed E-state index contributed by atoms with van der Waals surface area (Å²) < 4.78 is 21.4. The maximum atomic E-state index is 10.3. The van der Waals surface area contributed by atoms with Gasteiger partial charge in [-0.1, -0.05) is 0 Å². The van der Waals surface area contributed by atoms with Gasteiger partial charge in [0.25, 0.3) is 9.24 Å². The molecule has 0 aliphatic carbocycles. The summed E-state index contributed by atoms with van der Waals surface area (Å²) in [5.74, 6) is 0. The Bertz CT molecular complexity index is 161. The largest absolute Gasteiger partial charge is 0.299 e. The Balaban J connectivity index is 4.14. The van der Waals surface area contributed by atoms with E-state index in [1.807, 2.05) is 0 Å². The zero-order valence-electron chi connectivity index (χ0n) is 4.62. The molecule has 0 aliphatic heterocycles. The van der Waals surface area contributed by atoms with E-state index in [9.17, 15) is 8.42 Å². The van der Waals surface area contributed by atoms with E-state index in [0.29, 0.717) is 0 Å². The van der Waals surface area contributed by atoms with Crippen molar-refractivity contribution in [1.82, 2.24) is 4.31 Å². The van der Waals surface area contributed by atoms with Gasteiger partial charge >= 0.3 is 0 Å². The fraction of sp³-hybridized carbons (Fsp3) is 0.500. The summed E-state index contributed by atoms with van der Waals surface area (Å²) in [5.41, 5.74) is 0. The first kappa shape index (κ1) is 9.20. The van der Waals surface area contributed by atoms with Crippen LogP contribution in [0.5, 0.6) is 0 Å². The molecule has 3 nitrogen and oxygen atoms in total. The maximum Gasteiger partial charge on any atom is 0.299 e. The minimum Gasteiger partial charge on any atom is -0.195 e. The van der Waals surface area contributed by atoms with Crippen molar-refractivity contribution < 1.29 is 8.42 Å². The maximum absolute atomic E-state index is 10.3. The highest BCUT2D eigenvalue weighted by molar-refractivity contribution is 8.11. The van der Waals surface area contributed by atoms with Crippen molar-refractivity contribution in [2.75, 3.05) is 13.1 Å². The van der Waals surface area contributed by atoms with Crippen molar-refractivity contribution in [3.63, 3.8) is 0 Å². The monoisotopic (exact) mass is 167 g/mol. The van der Waals surface area contributed by atoms with Gasteiger partial charge in [0.1, 0.15) is 0 Å². The van der Waals surface area contributed by atoms with Crippen molar-refractivity contribution >= 4 is 19.9 Å². The van der Waals surface area contributed by atoms with Crippen LogP contribution in [0.4, 0.5) is 0 Å². The molecule has 0 bridgehead atoms. The number of halogens is 1. The van der Waals surface area contributed by atoms with Crippen molar-refractivity contribution in [1.29, 1.82) is 0 Å².